The average molecular weight is 321 g/mol. The van der Waals surface area contributed by atoms with E-state index in [1.165, 1.54) is 13.2 Å². The van der Waals surface area contributed by atoms with Gasteiger partial charge in [-0.15, -0.1) is 0 Å². The number of benzene rings is 1. The molecule has 0 aromatic heterocycles. The molecule has 114 valence electrons. The van der Waals surface area contributed by atoms with E-state index in [0.29, 0.717) is 17.1 Å². The summed E-state index contributed by atoms with van der Waals surface area (Å²) < 4.78 is 32.5. The van der Waals surface area contributed by atoms with Crippen molar-refractivity contribution in [1.29, 1.82) is 0 Å². The van der Waals surface area contributed by atoms with Crippen LogP contribution in [0.25, 0.3) is 0 Å². The quantitative estimate of drug-likeness (QED) is 0.806. The van der Waals surface area contributed by atoms with Crippen molar-refractivity contribution in [1.82, 2.24) is 4.72 Å². The lowest BCUT2D eigenvalue weighted by Crippen LogP contribution is -2.28. The van der Waals surface area contributed by atoms with Crippen LogP contribution in [0.15, 0.2) is 17.0 Å². The molecule has 0 fully saturated rings. The van der Waals surface area contributed by atoms with E-state index in [9.17, 15) is 8.42 Å². The van der Waals surface area contributed by atoms with Crippen LogP contribution in [0.5, 0.6) is 5.75 Å². The maximum Gasteiger partial charge on any atom is 0.244 e. The van der Waals surface area contributed by atoms with Gasteiger partial charge in [0.1, 0.15) is 10.6 Å². The molecular formula is C13H21ClN2O3S. The molecule has 0 aliphatic rings. The van der Waals surface area contributed by atoms with Gasteiger partial charge in [0, 0.05) is 23.7 Å². The Kier molecular flexibility index (Phi) is 6.26. The average Bonchev–Trinajstić information content (AvgIpc) is 2.43. The van der Waals surface area contributed by atoms with Gasteiger partial charge in [0.2, 0.25) is 10.0 Å². The number of nitrogens with two attached hydrogens (primary N) is 1. The Balaban J connectivity index is 3.20. The highest BCUT2D eigenvalue weighted by Crippen LogP contribution is 2.31. The van der Waals surface area contributed by atoms with Crippen molar-refractivity contribution in [3.05, 3.63) is 22.7 Å². The van der Waals surface area contributed by atoms with E-state index >= 15 is 0 Å². The van der Waals surface area contributed by atoms with E-state index in [1.807, 2.05) is 13.8 Å². The van der Waals surface area contributed by atoms with E-state index in [0.717, 1.165) is 6.42 Å². The predicted octanol–water partition coefficient (Wildman–Crippen LogP) is 2.13. The third kappa shape index (κ3) is 4.09. The van der Waals surface area contributed by atoms with E-state index in [1.54, 1.807) is 6.07 Å². The van der Waals surface area contributed by atoms with Crippen LogP contribution in [0, 0.1) is 5.92 Å². The summed E-state index contributed by atoms with van der Waals surface area (Å²) in [5.74, 6) is 0.498. The highest BCUT2D eigenvalue weighted by Gasteiger charge is 2.22. The maximum atomic E-state index is 12.4. The number of methoxy groups -OCH3 is 1. The van der Waals surface area contributed by atoms with E-state index in [2.05, 4.69) is 4.72 Å². The van der Waals surface area contributed by atoms with E-state index in [4.69, 9.17) is 22.1 Å². The van der Waals surface area contributed by atoms with E-state index in [-0.39, 0.29) is 23.1 Å². The van der Waals surface area contributed by atoms with Gasteiger partial charge in [-0.2, -0.15) is 0 Å². The first-order chi connectivity index (χ1) is 9.35. The van der Waals surface area contributed by atoms with Crippen LogP contribution in [0.4, 0.5) is 0 Å². The van der Waals surface area contributed by atoms with Gasteiger partial charge in [0.15, 0.2) is 0 Å². The first kappa shape index (κ1) is 17.2. The molecule has 0 bridgehead atoms. The number of rotatable bonds is 7. The summed E-state index contributed by atoms with van der Waals surface area (Å²) >= 11 is 5.95. The molecule has 0 saturated carbocycles. The SMILES string of the molecule is CCC(C)CNS(=O)(=O)c1cc(Cl)cc(CN)c1OC. The zero-order valence-electron chi connectivity index (χ0n) is 11.9. The number of hydrogen-bond donors (Lipinski definition) is 2. The van der Waals surface area contributed by atoms with Crippen molar-refractivity contribution in [2.24, 2.45) is 11.7 Å². The Morgan fingerprint density at radius 1 is 1.45 bits per heavy atom. The number of halogens is 1. The van der Waals surface area contributed by atoms with Gasteiger partial charge >= 0.3 is 0 Å². The Bertz CT molecular complexity index is 561. The zero-order valence-corrected chi connectivity index (χ0v) is 13.5. The Morgan fingerprint density at radius 2 is 2.10 bits per heavy atom. The molecule has 0 saturated heterocycles. The van der Waals surface area contributed by atoms with Gasteiger partial charge in [0.05, 0.1) is 7.11 Å². The molecule has 1 aromatic carbocycles. The number of ether oxygens (including phenoxy) is 1. The third-order valence-electron chi connectivity index (χ3n) is 3.13. The second-order valence-corrected chi connectivity index (χ2v) is 6.84. The van der Waals surface area contributed by atoms with Crippen molar-refractivity contribution in [2.45, 2.75) is 31.7 Å². The van der Waals surface area contributed by atoms with Crippen LogP contribution in [0.3, 0.4) is 0 Å². The van der Waals surface area contributed by atoms with E-state index < -0.39 is 10.0 Å². The predicted molar refractivity (Wildman–Crippen MR) is 80.5 cm³/mol. The lowest BCUT2D eigenvalue weighted by molar-refractivity contribution is 0.397. The fraction of sp³-hybridized carbons (Fsp3) is 0.538. The molecule has 0 heterocycles. The Hall–Kier alpha value is -0.820. The first-order valence-electron chi connectivity index (χ1n) is 6.41. The van der Waals surface area contributed by atoms with Crippen LogP contribution in [-0.2, 0) is 16.6 Å². The highest BCUT2D eigenvalue weighted by molar-refractivity contribution is 7.89. The topological polar surface area (TPSA) is 81.4 Å². The molecule has 1 aromatic rings. The van der Waals surface area contributed by atoms with Gasteiger partial charge in [-0.3, -0.25) is 0 Å². The van der Waals surface area contributed by atoms with Gasteiger partial charge in [-0.25, -0.2) is 13.1 Å². The third-order valence-corrected chi connectivity index (χ3v) is 4.78. The first-order valence-corrected chi connectivity index (χ1v) is 8.28. The van der Waals surface area contributed by atoms with Crippen LogP contribution in [0.1, 0.15) is 25.8 Å². The number of nitrogens with one attached hydrogen (secondary N) is 1. The summed E-state index contributed by atoms with van der Waals surface area (Å²) in [7, 11) is -2.27. The normalized spacial score (nSPS) is 13.2. The van der Waals surface area contributed by atoms with Crippen LogP contribution < -0.4 is 15.2 Å². The van der Waals surface area contributed by atoms with Crippen LogP contribution >= 0.6 is 11.6 Å². The minimum absolute atomic E-state index is 0.0243. The molecule has 1 unspecified atom stereocenters. The monoisotopic (exact) mass is 320 g/mol. The second-order valence-electron chi connectivity index (χ2n) is 4.67. The largest absolute Gasteiger partial charge is 0.495 e. The summed E-state index contributed by atoms with van der Waals surface area (Å²) in [6, 6.07) is 2.98. The lowest BCUT2D eigenvalue weighted by atomic mass is 10.1. The van der Waals surface area contributed by atoms with Crippen molar-refractivity contribution >= 4 is 21.6 Å². The highest BCUT2D eigenvalue weighted by atomic mass is 35.5. The van der Waals surface area contributed by atoms with Gasteiger partial charge in [0.25, 0.3) is 0 Å². The molecule has 20 heavy (non-hydrogen) atoms. The molecule has 0 radical (unpaired) electrons. The fourth-order valence-corrected chi connectivity index (χ4v) is 3.39. The molecule has 7 heteroatoms. The molecule has 0 aliphatic heterocycles. The molecule has 0 amide bonds. The van der Waals surface area contributed by atoms with Crippen molar-refractivity contribution in [3.63, 3.8) is 0 Å². The molecule has 1 atom stereocenters. The summed E-state index contributed by atoms with van der Waals surface area (Å²) in [5.41, 5.74) is 6.16. The minimum atomic E-state index is -3.68. The van der Waals surface area contributed by atoms with Crippen LogP contribution in [0.2, 0.25) is 5.02 Å². The molecular weight excluding hydrogens is 300 g/mol. The molecule has 0 aliphatic carbocycles. The van der Waals surface area contributed by atoms with Crippen molar-refractivity contribution in [3.8, 4) is 5.75 Å². The van der Waals surface area contributed by atoms with Crippen molar-refractivity contribution < 1.29 is 13.2 Å². The van der Waals surface area contributed by atoms with Gasteiger partial charge < -0.3 is 10.5 Å². The van der Waals surface area contributed by atoms with Crippen molar-refractivity contribution in [2.75, 3.05) is 13.7 Å². The summed E-state index contributed by atoms with van der Waals surface area (Å²) in [6.45, 7) is 4.50. The number of sulfonamides is 1. The lowest BCUT2D eigenvalue weighted by Gasteiger charge is -2.16. The Morgan fingerprint density at radius 3 is 2.60 bits per heavy atom. The molecule has 0 spiro atoms. The molecule has 3 N–H and O–H groups in total. The van der Waals surface area contributed by atoms with Gasteiger partial charge in [-0.05, 0) is 18.1 Å². The minimum Gasteiger partial charge on any atom is -0.495 e. The van der Waals surface area contributed by atoms with Gasteiger partial charge in [-0.1, -0.05) is 31.9 Å². The standard InChI is InChI=1S/C13H21ClN2O3S/c1-4-9(2)8-16-20(17,18)12-6-11(14)5-10(7-15)13(12)19-3/h5-6,9,16H,4,7-8,15H2,1-3H3. The Labute approximate surface area is 125 Å². The summed E-state index contributed by atoms with van der Waals surface area (Å²) in [4.78, 5) is 0.0243. The summed E-state index contributed by atoms with van der Waals surface area (Å²) in [6.07, 6.45) is 0.892. The fourth-order valence-electron chi connectivity index (χ4n) is 1.68. The molecule has 5 nitrogen and oxygen atoms in total. The summed E-state index contributed by atoms with van der Waals surface area (Å²) in [5, 5.41) is 0.315. The maximum absolute atomic E-state index is 12.4. The molecule has 1 rings (SSSR count). The smallest absolute Gasteiger partial charge is 0.244 e. The van der Waals surface area contributed by atoms with Crippen LogP contribution in [-0.4, -0.2) is 22.1 Å². The second kappa shape index (κ2) is 7.26. The number of hydrogen-bond acceptors (Lipinski definition) is 4. The zero-order chi connectivity index (χ0) is 15.3.